The van der Waals surface area contributed by atoms with Gasteiger partial charge in [0.1, 0.15) is 11.6 Å². The number of carbonyl (C=O) groups excluding carboxylic acids is 2. The molecular weight excluding hydrogens is 316 g/mol. The number of rotatable bonds is 3. The van der Waals surface area contributed by atoms with Gasteiger partial charge < -0.3 is 10.5 Å². The third-order valence-electron chi connectivity index (χ3n) is 3.27. The third kappa shape index (κ3) is 5.24. The van der Waals surface area contributed by atoms with Gasteiger partial charge in [-0.15, -0.1) is 0 Å². The molecule has 0 radical (unpaired) electrons. The van der Waals surface area contributed by atoms with Crippen LogP contribution in [0.5, 0.6) is 0 Å². The van der Waals surface area contributed by atoms with E-state index in [0.29, 0.717) is 16.7 Å². The molecule has 4 nitrogen and oxygen atoms in total. The molecule has 0 bridgehead atoms. The number of ketones is 1. The maximum Gasteiger partial charge on any atom is 0.337 e. The van der Waals surface area contributed by atoms with Crippen LogP contribution in [0.15, 0.2) is 36.4 Å². The zero-order chi connectivity index (χ0) is 18.3. The highest BCUT2D eigenvalue weighted by Gasteiger charge is 2.07. The van der Waals surface area contributed by atoms with Gasteiger partial charge in [0.2, 0.25) is 0 Å². The Labute approximate surface area is 139 Å². The lowest BCUT2D eigenvalue weighted by Gasteiger charge is -2.00. The number of Topliss-reactive ketones (excluding diaryl/α,β-unsaturated/α-hetero) is 1. The molecule has 0 fully saturated rings. The summed E-state index contributed by atoms with van der Waals surface area (Å²) >= 11 is 0. The SMILES string of the molecule is COC(=O)c1ccc(C)c(F)c1.Cc1ccc(C(=O)CN)cc1F. The molecule has 0 amide bonds. The molecule has 0 heterocycles. The largest absolute Gasteiger partial charge is 0.465 e. The fraction of sp³-hybridized carbons (Fsp3) is 0.222. The van der Waals surface area contributed by atoms with Crippen LogP contribution in [0.1, 0.15) is 31.8 Å². The van der Waals surface area contributed by atoms with Crippen LogP contribution in [0, 0.1) is 25.5 Å². The predicted molar refractivity (Wildman–Crippen MR) is 87.0 cm³/mol. The van der Waals surface area contributed by atoms with Crippen LogP contribution in [-0.4, -0.2) is 25.4 Å². The number of carbonyl (C=O) groups is 2. The Morgan fingerprint density at radius 3 is 1.83 bits per heavy atom. The molecule has 6 heteroatoms. The number of hydrogen-bond acceptors (Lipinski definition) is 4. The van der Waals surface area contributed by atoms with Crippen LogP contribution in [-0.2, 0) is 4.74 Å². The summed E-state index contributed by atoms with van der Waals surface area (Å²) in [4.78, 5) is 21.9. The Morgan fingerprint density at radius 1 is 0.958 bits per heavy atom. The Bertz CT molecular complexity index is 682. The van der Waals surface area contributed by atoms with Crippen LogP contribution in [0.2, 0.25) is 0 Å². The summed E-state index contributed by atoms with van der Waals surface area (Å²) in [5.41, 5.74) is 6.74. The summed E-state index contributed by atoms with van der Waals surface area (Å²) < 4.78 is 30.2. The van der Waals surface area contributed by atoms with E-state index >= 15 is 0 Å². The van der Waals surface area contributed by atoms with E-state index in [9.17, 15) is 18.4 Å². The fourth-order valence-corrected chi connectivity index (χ4v) is 1.72. The number of benzene rings is 2. The molecule has 2 N–H and O–H groups in total. The number of aryl methyl sites for hydroxylation is 2. The summed E-state index contributed by atoms with van der Waals surface area (Å²) in [6.07, 6.45) is 0. The first kappa shape index (κ1) is 19.4. The summed E-state index contributed by atoms with van der Waals surface area (Å²) in [6.45, 7) is 3.20. The third-order valence-corrected chi connectivity index (χ3v) is 3.27. The zero-order valence-electron chi connectivity index (χ0n) is 13.7. The second-order valence-electron chi connectivity index (χ2n) is 5.05. The molecular formula is C18H19F2NO3. The van der Waals surface area contributed by atoms with E-state index in [1.807, 2.05) is 0 Å². The lowest BCUT2D eigenvalue weighted by atomic mass is 10.1. The van der Waals surface area contributed by atoms with Crippen molar-refractivity contribution in [2.45, 2.75) is 13.8 Å². The first-order chi connectivity index (χ1) is 11.3. The van der Waals surface area contributed by atoms with E-state index in [0.717, 1.165) is 0 Å². The van der Waals surface area contributed by atoms with Gasteiger partial charge in [-0.25, -0.2) is 13.6 Å². The van der Waals surface area contributed by atoms with E-state index in [2.05, 4.69) is 4.74 Å². The first-order valence-corrected chi connectivity index (χ1v) is 7.14. The second-order valence-corrected chi connectivity index (χ2v) is 5.05. The van der Waals surface area contributed by atoms with Gasteiger partial charge in [-0.05, 0) is 43.2 Å². The average Bonchev–Trinajstić information content (AvgIpc) is 2.58. The minimum atomic E-state index is -0.520. The maximum absolute atomic E-state index is 12.9. The topological polar surface area (TPSA) is 69.4 Å². The van der Waals surface area contributed by atoms with Crippen molar-refractivity contribution >= 4 is 11.8 Å². The minimum absolute atomic E-state index is 0.0809. The van der Waals surface area contributed by atoms with Gasteiger partial charge in [0, 0.05) is 5.56 Å². The van der Waals surface area contributed by atoms with Crippen molar-refractivity contribution in [1.29, 1.82) is 0 Å². The summed E-state index contributed by atoms with van der Waals surface area (Å²) in [5, 5.41) is 0. The number of methoxy groups -OCH3 is 1. The van der Waals surface area contributed by atoms with E-state index in [-0.39, 0.29) is 23.7 Å². The Kier molecular flexibility index (Phi) is 7.20. The summed E-state index contributed by atoms with van der Waals surface area (Å²) in [6, 6.07) is 8.60. The quantitative estimate of drug-likeness (QED) is 0.691. The standard InChI is InChI=1S/C9H10FNO.C9H9FO2/c1-6-2-3-7(4-8(6)10)9(12)5-11;1-6-3-4-7(5-8(6)10)9(11)12-2/h2-4H,5,11H2,1H3;3-5H,1-2H3. The van der Waals surface area contributed by atoms with E-state index < -0.39 is 11.8 Å². The first-order valence-electron chi connectivity index (χ1n) is 7.14. The molecule has 0 spiro atoms. The number of ether oxygens (including phenoxy) is 1. The molecule has 0 atom stereocenters. The summed E-state index contributed by atoms with van der Waals surface area (Å²) in [7, 11) is 1.26. The van der Waals surface area contributed by atoms with Gasteiger partial charge in [-0.1, -0.05) is 18.2 Å². The van der Waals surface area contributed by atoms with Crippen LogP contribution in [0.3, 0.4) is 0 Å². The highest BCUT2D eigenvalue weighted by Crippen LogP contribution is 2.10. The zero-order valence-corrected chi connectivity index (χ0v) is 13.7. The van der Waals surface area contributed by atoms with E-state index in [4.69, 9.17) is 5.73 Å². The minimum Gasteiger partial charge on any atom is -0.465 e. The van der Waals surface area contributed by atoms with Crippen molar-refractivity contribution < 1.29 is 23.1 Å². The molecule has 0 saturated carbocycles. The Balaban J connectivity index is 0.000000240. The van der Waals surface area contributed by atoms with Crippen LogP contribution < -0.4 is 5.73 Å². The van der Waals surface area contributed by atoms with Crippen molar-refractivity contribution in [2.75, 3.05) is 13.7 Å². The van der Waals surface area contributed by atoms with Gasteiger partial charge in [-0.3, -0.25) is 4.79 Å². The Hall–Kier alpha value is -2.60. The molecule has 24 heavy (non-hydrogen) atoms. The van der Waals surface area contributed by atoms with Crippen LogP contribution >= 0.6 is 0 Å². The van der Waals surface area contributed by atoms with Crippen LogP contribution in [0.4, 0.5) is 8.78 Å². The van der Waals surface area contributed by atoms with Crippen LogP contribution in [0.25, 0.3) is 0 Å². The normalized spacial score (nSPS) is 9.75. The number of nitrogens with two attached hydrogens (primary N) is 1. The highest BCUT2D eigenvalue weighted by molar-refractivity contribution is 5.97. The van der Waals surface area contributed by atoms with Gasteiger partial charge in [0.15, 0.2) is 5.78 Å². The molecule has 0 unspecified atom stereocenters. The van der Waals surface area contributed by atoms with E-state index in [1.165, 1.54) is 25.3 Å². The molecule has 0 aliphatic carbocycles. The predicted octanol–water partition coefficient (Wildman–Crippen LogP) is 3.20. The van der Waals surface area contributed by atoms with Crippen molar-refractivity contribution in [3.8, 4) is 0 Å². The van der Waals surface area contributed by atoms with Crippen molar-refractivity contribution in [1.82, 2.24) is 0 Å². The molecule has 2 aromatic carbocycles. The molecule has 0 aliphatic heterocycles. The van der Waals surface area contributed by atoms with Crippen molar-refractivity contribution in [2.24, 2.45) is 5.73 Å². The lowest BCUT2D eigenvalue weighted by Crippen LogP contribution is -2.13. The maximum atomic E-state index is 12.9. The molecule has 2 aromatic rings. The average molecular weight is 335 g/mol. The molecule has 128 valence electrons. The van der Waals surface area contributed by atoms with Crippen molar-refractivity contribution in [3.05, 3.63) is 70.3 Å². The Morgan fingerprint density at radius 2 is 1.42 bits per heavy atom. The monoisotopic (exact) mass is 335 g/mol. The van der Waals surface area contributed by atoms with Gasteiger partial charge >= 0.3 is 5.97 Å². The number of halogens is 2. The molecule has 0 aliphatic rings. The number of esters is 1. The smallest absolute Gasteiger partial charge is 0.337 e. The van der Waals surface area contributed by atoms with Gasteiger partial charge in [0.05, 0.1) is 19.2 Å². The molecule has 0 aromatic heterocycles. The molecule has 0 saturated heterocycles. The summed E-state index contributed by atoms with van der Waals surface area (Å²) in [5.74, 6) is -1.52. The van der Waals surface area contributed by atoms with Gasteiger partial charge in [-0.2, -0.15) is 0 Å². The number of hydrogen-bond donors (Lipinski definition) is 1. The molecule has 2 rings (SSSR count). The second kappa shape index (κ2) is 8.88. The fourth-order valence-electron chi connectivity index (χ4n) is 1.72. The van der Waals surface area contributed by atoms with Gasteiger partial charge in [0.25, 0.3) is 0 Å². The lowest BCUT2D eigenvalue weighted by molar-refractivity contribution is 0.0600. The van der Waals surface area contributed by atoms with E-state index in [1.54, 1.807) is 32.0 Å². The van der Waals surface area contributed by atoms with Crippen molar-refractivity contribution in [3.63, 3.8) is 0 Å². The highest BCUT2D eigenvalue weighted by atomic mass is 19.1.